The lowest BCUT2D eigenvalue weighted by atomic mass is 9.77. The Morgan fingerprint density at radius 2 is 2.12 bits per heavy atom. The highest BCUT2D eigenvalue weighted by atomic mass is 32.1. The second-order valence-corrected chi connectivity index (χ2v) is 6.12. The van der Waals surface area contributed by atoms with E-state index in [1.54, 1.807) is 5.56 Å². The normalized spacial score (nSPS) is 17.6. The van der Waals surface area contributed by atoms with Gasteiger partial charge in [-0.1, -0.05) is 24.3 Å². The van der Waals surface area contributed by atoms with Crippen LogP contribution in [0.15, 0.2) is 36.4 Å². The van der Waals surface area contributed by atoms with Gasteiger partial charge in [-0.2, -0.15) is 0 Å². The average Bonchev–Trinajstić information content (AvgIpc) is 2.71. The first-order valence-electron chi connectivity index (χ1n) is 6.17. The van der Waals surface area contributed by atoms with Crippen LogP contribution in [0.5, 0.6) is 0 Å². The van der Waals surface area contributed by atoms with E-state index in [4.69, 9.17) is 0 Å². The second kappa shape index (κ2) is 4.63. The van der Waals surface area contributed by atoms with Gasteiger partial charge in [0.25, 0.3) is 0 Å². The zero-order valence-corrected chi connectivity index (χ0v) is 10.9. The molecular formula is C15H17NS. The number of hydrogen-bond acceptors (Lipinski definition) is 2. The number of hydrogen-bond donors (Lipinski definition) is 1. The Labute approximate surface area is 106 Å². The molecule has 0 saturated carbocycles. The van der Waals surface area contributed by atoms with Crippen LogP contribution in [-0.4, -0.2) is 6.54 Å². The van der Waals surface area contributed by atoms with E-state index in [0.29, 0.717) is 0 Å². The van der Waals surface area contributed by atoms with Gasteiger partial charge >= 0.3 is 0 Å². The minimum absolute atomic E-state index is 0.729. The molecule has 1 heterocycles. The number of thiophene rings is 1. The van der Waals surface area contributed by atoms with Crippen molar-refractivity contribution in [3.63, 3.8) is 0 Å². The first kappa shape index (κ1) is 11.0. The predicted molar refractivity (Wildman–Crippen MR) is 73.6 cm³/mol. The minimum atomic E-state index is 0.729. The van der Waals surface area contributed by atoms with Crippen LogP contribution in [0.2, 0.25) is 0 Å². The second-order valence-electron chi connectivity index (χ2n) is 4.74. The lowest BCUT2D eigenvalue weighted by Crippen LogP contribution is -2.28. The summed E-state index contributed by atoms with van der Waals surface area (Å²) in [6, 6.07) is 13.2. The molecule has 0 spiro atoms. The molecule has 88 valence electrons. The van der Waals surface area contributed by atoms with Gasteiger partial charge in [0.1, 0.15) is 0 Å². The summed E-state index contributed by atoms with van der Waals surface area (Å²) in [4.78, 5) is 2.84. The molecule has 2 heteroatoms. The number of nitrogens with one attached hydrogen (secondary N) is 1. The number of aryl methyl sites for hydroxylation is 1. The van der Waals surface area contributed by atoms with E-state index in [1.807, 2.05) is 11.3 Å². The maximum atomic E-state index is 3.57. The van der Waals surface area contributed by atoms with Crippen LogP contribution in [0.3, 0.4) is 0 Å². The molecule has 17 heavy (non-hydrogen) atoms. The molecule has 1 aromatic heterocycles. The summed E-state index contributed by atoms with van der Waals surface area (Å²) >= 11 is 1.89. The van der Waals surface area contributed by atoms with Gasteiger partial charge in [-0.05, 0) is 36.6 Å². The molecule has 1 aromatic carbocycles. The lowest BCUT2D eigenvalue weighted by molar-refractivity contribution is 0.537. The highest BCUT2D eigenvalue weighted by Gasteiger charge is 2.24. The maximum absolute atomic E-state index is 3.57. The zero-order chi connectivity index (χ0) is 11.7. The van der Waals surface area contributed by atoms with Crippen LogP contribution in [0.25, 0.3) is 0 Å². The van der Waals surface area contributed by atoms with E-state index >= 15 is 0 Å². The molecule has 1 aliphatic carbocycles. The quantitative estimate of drug-likeness (QED) is 0.867. The Kier molecular flexibility index (Phi) is 3.00. The van der Waals surface area contributed by atoms with Crippen molar-refractivity contribution in [2.45, 2.75) is 25.8 Å². The first-order chi connectivity index (χ1) is 8.33. The molecule has 0 saturated heterocycles. The number of benzene rings is 1. The molecule has 0 radical (unpaired) electrons. The highest BCUT2D eigenvalue weighted by molar-refractivity contribution is 7.11. The lowest BCUT2D eigenvalue weighted by Gasteiger charge is -2.30. The molecule has 0 fully saturated rings. The Balaban J connectivity index is 1.51. The summed E-state index contributed by atoms with van der Waals surface area (Å²) in [5, 5.41) is 3.57. The molecule has 1 unspecified atom stereocenters. The molecule has 1 N–H and O–H groups in total. The van der Waals surface area contributed by atoms with Crippen molar-refractivity contribution >= 4 is 11.3 Å². The van der Waals surface area contributed by atoms with Gasteiger partial charge in [0.15, 0.2) is 0 Å². The fourth-order valence-electron chi connectivity index (χ4n) is 2.49. The van der Waals surface area contributed by atoms with Crippen LogP contribution in [0.4, 0.5) is 0 Å². The fourth-order valence-corrected chi connectivity index (χ4v) is 3.35. The third-order valence-electron chi connectivity index (χ3n) is 3.45. The SMILES string of the molecule is Cc1ccc(CNCC2Cc3ccccc32)s1. The molecular weight excluding hydrogens is 226 g/mol. The highest BCUT2D eigenvalue weighted by Crippen LogP contribution is 2.34. The first-order valence-corrected chi connectivity index (χ1v) is 6.98. The predicted octanol–water partition coefficient (Wildman–Crippen LogP) is 3.49. The van der Waals surface area contributed by atoms with Crippen molar-refractivity contribution in [2.24, 2.45) is 0 Å². The van der Waals surface area contributed by atoms with E-state index in [1.165, 1.54) is 21.7 Å². The van der Waals surface area contributed by atoms with Crippen LogP contribution in [0, 0.1) is 6.92 Å². The third-order valence-corrected chi connectivity index (χ3v) is 4.45. The monoisotopic (exact) mass is 243 g/mol. The molecule has 1 atom stereocenters. The van der Waals surface area contributed by atoms with E-state index in [-0.39, 0.29) is 0 Å². The van der Waals surface area contributed by atoms with E-state index in [2.05, 4.69) is 48.6 Å². The molecule has 0 bridgehead atoms. The largest absolute Gasteiger partial charge is 0.311 e. The zero-order valence-electron chi connectivity index (χ0n) is 10.1. The molecule has 0 amide bonds. The third kappa shape index (κ3) is 2.28. The van der Waals surface area contributed by atoms with Gasteiger partial charge in [0.05, 0.1) is 0 Å². The van der Waals surface area contributed by atoms with Crippen molar-refractivity contribution in [3.05, 3.63) is 57.3 Å². The molecule has 0 aliphatic heterocycles. The molecule has 1 aliphatic rings. The summed E-state index contributed by atoms with van der Waals surface area (Å²) in [7, 11) is 0. The van der Waals surface area contributed by atoms with Crippen LogP contribution in [-0.2, 0) is 13.0 Å². The van der Waals surface area contributed by atoms with Crippen molar-refractivity contribution in [1.29, 1.82) is 0 Å². The van der Waals surface area contributed by atoms with Gasteiger partial charge < -0.3 is 5.32 Å². The Morgan fingerprint density at radius 1 is 1.24 bits per heavy atom. The minimum Gasteiger partial charge on any atom is -0.311 e. The summed E-state index contributed by atoms with van der Waals surface area (Å²) in [6.45, 7) is 4.28. The van der Waals surface area contributed by atoms with Crippen molar-refractivity contribution < 1.29 is 0 Å². The van der Waals surface area contributed by atoms with E-state index in [9.17, 15) is 0 Å². The topological polar surface area (TPSA) is 12.0 Å². The Bertz CT molecular complexity index is 515. The summed E-state index contributed by atoms with van der Waals surface area (Å²) in [6.07, 6.45) is 1.24. The Morgan fingerprint density at radius 3 is 2.88 bits per heavy atom. The maximum Gasteiger partial charge on any atom is 0.0300 e. The fraction of sp³-hybridized carbons (Fsp3) is 0.333. The molecule has 3 rings (SSSR count). The van der Waals surface area contributed by atoms with Crippen LogP contribution < -0.4 is 5.32 Å². The Hall–Kier alpha value is -1.12. The summed E-state index contributed by atoms with van der Waals surface area (Å²) < 4.78 is 0. The van der Waals surface area contributed by atoms with Gasteiger partial charge in [-0.25, -0.2) is 0 Å². The van der Waals surface area contributed by atoms with Gasteiger partial charge in [-0.3, -0.25) is 0 Å². The van der Waals surface area contributed by atoms with Crippen molar-refractivity contribution in [2.75, 3.05) is 6.54 Å². The van der Waals surface area contributed by atoms with Gasteiger partial charge in [-0.15, -0.1) is 11.3 Å². The van der Waals surface area contributed by atoms with E-state index in [0.717, 1.165) is 19.0 Å². The average molecular weight is 243 g/mol. The summed E-state index contributed by atoms with van der Waals surface area (Å²) in [5.74, 6) is 0.729. The van der Waals surface area contributed by atoms with E-state index < -0.39 is 0 Å². The number of rotatable bonds is 4. The van der Waals surface area contributed by atoms with Crippen molar-refractivity contribution in [1.82, 2.24) is 5.32 Å². The molecule has 2 aromatic rings. The van der Waals surface area contributed by atoms with Crippen molar-refractivity contribution in [3.8, 4) is 0 Å². The number of fused-ring (bicyclic) bond motifs is 1. The van der Waals surface area contributed by atoms with Crippen LogP contribution in [0.1, 0.15) is 26.8 Å². The van der Waals surface area contributed by atoms with Gasteiger partial charge in [0, 0.05) is 28.8 Å². The molecule has 1 nitrogen and oxygen atoms in total. The van der Waals surface area contributed by atoms with Crippen LogP contribution >= 0.6 is 11.3 Å². The summed E-state index contributed by atoms with van der Waals surface area (Å²) in [5.41, 5.74) is 3.08. The smallest absolute Gasteiger partial charge is 0.0300 e. The van der Waals surface area contributed by atoms with Gasteiger partial charge in [0.2, 0.25) is 0 Å². The standard InChI is InChI=1S/C15H17NS/c1-11-6-7-14(17-11)10-16-9-13-8-12-4-2-3-5-15(12)13/h2-7,13,16H,8-10H2,1H3.